The molecule has 1 amide bonds. The number of methoxy groups -OCH3 is 2. The predicted molar refractivity (Wildman–Crippen MR) is 124 cm³/mol. The van der Waals surface area contributed by atoms with Gasteiger partial charge in [0.25, 0.3) is 15.9 Å². The lowest BCUT2D eigenvalue weighted by Crippen LogP contribution is -2.23. The highest BCUT2D eigenvalue weighted by atomic mass is 35.5. The second kappa shape index (κ2) is 10.1. The number of ether oxygens (including phenoxy) is 2. The Labute approximate surface area is 196 Å². The second-order valence-corrected chi connectivity index (χ2v) is 9.12. The van der Waals surface area contributed by atoms with Gasteiger partial charge in [0.2, 0.25) is 0 Å². The topological polar surface area (TPSA) is 93.7 Å². The molecular formula is C22H20Cl2N2O5S. The smallest absolute Gasteiger partial charge is 0.263 e. The lowest BCUT2D eigenvalue weighted by Gasteiger charge is -2.12. The molecule has 0 saturated heterocycles. The maximum Gasteiger partial charge on any atom is 0.263 e. The molecule has 0 heterocycles. The summed E-state index contributed by atoms with van der Waals surface area (Å²) in [5, 5.41) is 3.21. The lowest BCUT2D eigenvalue weighted by molar-refractivity contribution is 0.0950. The molecular weight excluding hydrogens is 475 g/mol. The van der Waals surface area contributed by atoms with Gasteiger partial charge in [0.1, 0.15) is 4.90 Å². The second-order valence-electron chi connectivity index (χ2n) is 6.63. The molecule has 2 N–H and O–H groups in total. The fraction of sp³-hybridized carbons (Fsp3) is 0.136. The summed E-state index contributed by atoms with van der Waals surface area (Å²) in [4.78, 5) is 12.4. The van der Waals surface area contributed by atoms with Crippen molar-refractivity contribution in [1.82, 2.24) is 5.32 Å². The Kier molecular flexibility index (Phi) is 7.50. The van der Waals surface area contributed by atoms with Crippen LogP contribution in [-0.2, 0) is 16.6 Å². The van der Waals surface area contributed by atoms with Crippen LogP contribution in [0.5, 0.6) is 11.5 Å². The summed E-state index contributed by atoms with van der Waals surface area (Å²) in [6.45, 7) is 0.201. The first-order chi connectivity index (χ1) is 15.2. The number of carbonyl (C=O) groups is 1. The van der Waals surface area contributed by atoms with E-state index in [1.807, 2.05) is 0 Å². The SMILES string of the molecule is COc1ccc(CNC(=O)c2ccc(Cl)c(S(=O)(=O)Nc3ccc(Cl)cc3)c2)cc1OC. The van der Waals surface area contributed by atoms with Gasteiger partial charge >= 0.3 is 0 Å². The van der Waals surface area contributed by atoms with Crippen molar-refractivity contribution < 1.29 is 22.7 Å². The monoisotopic (exact) mass is 494 g/mol. The van der Waals surface area contributed by atoms with Crippen molar-refractivity contribution in [1.29, 1.82) is 0 Å². The Morgan fingerprint density at radius 1 is 0.906 bits per heavy atom. The molecule has 0 aliphatic rings. The molecule has 0 fully saturated rings. The third-order valence-corrected chi connectivity index (χ3v) is 6.60. The van der Waals surface area contributed by atoms with Gasteiger partial charge in [-0.2, -0.15) is 0 Å². The largest absolute Gasteiger partial charge is 0.493 e. The van der Waals surface area contributed by atoms with Gasteiger partial charge in [-0.05, 0) is 60.2 Å². The normalized spacial score (nSPS) is 11.0. The molecule has 3 aromatic rings. The molecule has 0 bridgehead atoms. The molecule has 0 saturated carbocycles. The fourth-order valence-electron chi connectivity index (χ4n) is 2.85. The third kappa shape index (κ3) is 5.64. The number of carbonyl (C=O) groups excluding carboxylic acids is 1. The Morgan fingerprint density at radius 3 is 2.25 bits per heavy atom. The van der Waals surface area contributed by atoms with E-state index in [1.54, 1.807) is 30.3 Å². The summed E-state index contributed by atoms with van der Waals surface area (Å²) in [6, 6.07) is 15.5. The molecule has 0 unspecified atom stereocenters. The van der Waals surface area contributed by atoms with Crippen LogP contribution in [0.15, 0.2) is 65.6 Å². The summed E-state index contributed by atoms with van der Waals surface area (Å²) in [7, 11) is -0.975. The van der Waals surface area contributed by atoms with Crippen LogP contribution in [0.4, 0.5) is 5.69 Å². The average molecular weight is 495 g/mol. The minimum atomic E-state index is -4.03. The summed E-state index contributed by atoms with van der Waals surface area (Å²) in [5.74, 6) is 0.648. The van der Waals surface area contributed by atoms with E-state index in [4.69, 9.17) is 32.7 Å². The van der Waals surface area contributed by atoms with Crippen LogP contribution in [0.25, 0.3) is 0 Å². The van der Waals surface area contributed by atoms with E-state index in [0.29, 0.717) is 22.2 Å². The van der Waals surface area contributed by atoms with Crippen molar-refractivity contribution in [3.8, 4) is 11.5 Å². The standard InChI is InChI=1S/C22H20Cl2N2O5S/c1-30-19-10-3-14(11-20(19)31-2)13-25-22(27)15-4-9-18(24)21(12-15)32(28,29)26-17-7-5-16(23)6-8-17/h3-12,26H,13H2,1-2H3,(H,25,27). The predicted octanol–water partition coefficient (Wildman–Crippen LogP) is 4.74. The van der Waals surface area contributed by atoms with Gasteiger partial charge in [-0.25, -0.2) is 8.42 Å². The molecule has 10 heteroatoms. The van der Waals surface area contributed by atoms with Crippen molar-refractivity contribution in [2.45, 2.75) is 11.4 Å². The lowest BCUT2D eigenvalue weighted by atomic mass is 10.1. The number of nitrogens with one attached hydrogen (secondary N) is 2. The van der Waals surface area contributed by atoms with Crippen molar-refractivity contribution in [3.05, 3.63) is 81.8 Å². The van der Waals surface area contributed by atoms with Crippen LogP contribution in [-0.4, -0.2) is 28.5 Å². The number of sulfonamides is 1. The Hall–Kier alpha value is -2.94. The maximum absolute atomic E-state index is 12.8. The molecule has 0 radical (unpaired) electrons. The summed E-state index contributed by atoms with van der Waals surface area (Å²) in [6.07, 6.45) is 0. The average Bonchev–Trinajstić information content (AvgIpc) is 2.78. The number of benzene rings is 3. The number of halogens is 2. The van der Waals surface area contributed by atoms with Gasteiger partial charge in [-0.15, -0.1) is 0 Å². The minimum Gasteiger partial charge on any atom is -0.493 e. The summed E-state index contributed by atoms with van der Waals surface area (Å²) in [5.41, 5.74) is 1.24. The van der Waals surface area contributed by atoms with Crippen molar-refractivity contribution in [2.75, 3.05) is 18.9 Å². The Bertz CT molecular complexity index is 1230. The number of rotatable bonds is 8. The van der Waals surface area contributed by atoms with Gasteiger partial charge in [-0.3, -0.25) is 9.52 Å². The zero-order valence-electron chi connectivity index (χ0n) is 17.2. The van der Waals surface area contributed by atoms with Crippen molar-refractivity contribution in [2.24, 2.45) is 0 Å². The molecule has 0 atom stereocenters. The quantitative estimate of drug-likeness (QED) is 0.471. The zero-order valence-corrected chi connectivity index (χ0v) is 19.5. The van der Waals surface area contributed by atoms with E-state index in [-0.39, 0.29) is 22.0 Å². The molecule has 168 valence electrons. The van der Waals surface area contributed by atoms with Gasteiger partial charge < -0.3 is 14.8 Å². The Morgan fingerprint density at radius 2 is 1.59 bits per heavy atom. The first-order valence-corrected chi connectivity index (χ1v) is 11.5. The zero-order chi connectivity index (χ0) is 23.3. The van der Waals surface area contributed by atoms with E-state index < -0.39 is 15.9 Å². The molecule has 0 spiro atoms. The number of hydrogen-bond acceptors (Lipinski definition) is 5. The van der Waals surface area contributed by atoms with E-state index in [2.05, 4.69) is 10.0 Å². The minimum absolute atomic E-state index is 0.0112. The molecule has 0 aliphatic carbocycles. The first-order valence-electron chi connectivity index (χ1n) is 9.30. The van der Waals surface area contributed by atoms with Gasteiger partial charge in [0.05, 0.1) is 19.2 Å². The Balaban J connectivity index is 1.77. The van der Waals surface area contributed by atoms with Crippen LogP contribution in [0.1, 0.15) is 15.9 Å². The fourth-order valence-corrected chi connectivity index (χ4v) is 4.57. The van der Waals surface area contributed by atoms with Crippen molar-refractivity contribution >= 4 is 44.8 Å². The van der Waals surface area contributed by atoms with Crippen LogP contribution in [0, 0.1) is 0 Å². The number of anilines is 1. The molecule has 0 aromatic heterocycles. The maximum atomic E-state index is 12.8. The van der Waals surface area contributed by atoms with Crippen LogP contribution < -0.4 is 19.5 Å². The molecule has 3 aromatic carbocycles. The van der Waals surface area contributed by atoms with Crippen LogP contribution >= 0.6 is 23.2 Å². The van der Waals surface area contributed by atoms with Gasteiger partial charge in [-0.1, -0.05) is 29.3 Å². The van der Waals surface area contributed by atoms with Crippen LogP contribution in [0.2, 0.25) is 10.0 Å². The number of amides is 1. The van der Waals surface area contributed by atoms with E-state index in [0.717, 1.165) is 5.56 Å². The van der Waals surface area contributed by atoms with Crippen LogP contribution in [0.3, 0.4) is 0 Å². The van der Waals surface area contributed by atoms with E-state index in [1.165, 1.54) is 44.6 Å². The highest BCUT2D eigenvalue weighted by molar-refractivity contribution is 7.92. The van der Waals surface area contributed by atoms with Gasteiger partial charge in [0.15, 0.2) is 11.5 Å². The van der Waals surface area contributed by atoms with E-state index >= 15 is 0 Å². The number of hydrogen-bond donors (Lipinski definition) is 2. The molecule has 32 heavy (non-hydrogen) atoms. The molecule has 3 rings (SSSR count). The van der Waals surface area contributed by atoms with Gasteiger partial charge in [0, 0.05) is 22.8 Å². The summed E-state index contributed by atoms with van der Waals surface area (Å²) < 4.78 is 38.5. The molecule has 7 nitrogen and oxygen atoms in total. The van der Waals surface area contributed by atoms with E-state index in [9.17, 15) is 13.2 Å². The summed E-state index contributed by atoms with van der Waals surface area (Å²) >= 11 is 11.9. The van der Waals surface area contributed by atoms with Crippen molar-refractivity contribution in [3.63, 3.8) is 0 Å². The first kappa shape index (κ1) is 23.7. The highest BCUT2D eigenvalue weighted by Gasteiger charge is 2.20. The third-order valence-electron chi connectivity index (χ3n) is 4.48. The molecule has 0 aliphatic heterocycles. The highest BCUT2D eigenvalue weighted by Crippen LogP contribution is 2.28.